The summed E-state index contributed by atoms with van der Waals surface area (Å²) in [4.78, 5) is 21.6. The quantitative estimate of drug-likeness (QED) is 0.683. The Bertz CT molecular complexity index is 721. The van der Waals surface area contributed by atoms with Crippen LogP contribution in [0.1, 0.15) is 41.5 Å². The smallest absolute Gasteiger partial charge is 0.358 e. The van der Waals surface area contributed by atoms with Gasteiger partial charge in [0.05, 0.1) is 16.3 Å². The van der Waals surface area contributed by atoms with Gasteiger partial charge in [0, 0.05) is 12.1 Å². The first kappa shape index (κ1) is 14.6. The van der Waals surface area contributed by atoms with Crippen molar-refractivity contribution in [2.45, 2.75) is 26.7 Å². The van der Waals surface area contributed by atoms with Gasteiger partial charge in [0.1, 0.15) is 0 Å². The fraction of sp³-hybridized carbons (Fsp3) is 0.308. The molecule has 0 fully saturated rings. The Balaban J connectivity index is 2.70. The van der Waals surface area contributed by atoms with E-state index in [0.717, 1.165) is 5.56 Å². The topological polar surface area (TPSA) is 111 Å². The van der Waals surface area contributed by atoms with Crippen molar-refractivity contribution in [2.24, 2.45) is 0 Å². The summed E-state index contributed by atoms with van der Waals surface area (Å²) in [6.45, 7) is 5.40. The van der Waals surface area contributed by atoms with Gasteiger partial charge in [-0.15, -0.1) is 5.10 Å². The number of nitrogens with zero attached hydrogens (tertiary/aromatic N) is 4. The Labute approximate surface area is 120 Å². The first-order valence-corrected chi connectivity index (χ1v) is 6.27. The predicted octanol–water partition coefficient (Wildman–Crippen LogP) is 2.31. The highest BCUT2D eigenvalue weighted by molar-refractivity contribution is 5.86. The van der Waals surface area contributed by atoms with Crippen LogP contribution in [0, 0.1) is 17.0 Å². The molecule has 0 aliphatic carbocycles. The average molecular weight is 290 g/mol. The summed E-state index contributed by atoms with van der Waals surface area (Å²) in [5, 5.41) is 27.6. The van der Waals surface area contributed by atoms with Gasteiger partial charge >= 0.3 is 5.97 Å². The monoisotopic (exact) mass is 290 g/mol. The molecule has 1 aromatic carbocycles. The van der Waals surface area contributed by atoms with Crippen molar-refractivity contribution in [3.05, 3.63) is 45.3 Å². The third-order valence-corrected chi connectivity index (χ3v) is 3.09. The molecule has 0 spiro atoms. The molecule has 0 saturated heterocycles. The minimum atomic E-state index is -1.17. The molecular formula is C13H14N4O4. The van der Waals surface area contributed by atoms with Crippen LogP contribution in [0.15, 0.2) is 18.2 Å². The van der Waals surface area contributed by atoms with E-state index in [1.807, 2.05) is 13.8 Å². The number of carbonyl (C=O) groups is 1. The van der Waals surface area contributed by atoms with Crippen molar-refractivity contribution in [2.75, 3.05) is 0 Å². The van der Waals surface area contributed by atoms with Crippen molar-refractivity contribution in [3.63, 3.8) is 0 Å². The van der Waals surface area contributed by atoms with Gasteiger partial charge in [-0.2, -0.15) is 0 Å². The van der Waals surface area contributed by atoms with Crippen LogP contribution in [-0.2, 0) is 0 Å². The minimum Gasteiger partial charge on any atom is -0.476 e. The lowest BCUT2D eigenvalue weighted by Gasteiger charge is -2.11. The van der Waals surface area contributed by atoms with Crippen LogP contribution in [0.2, 0.25) is 0 Å². The fourth-order valence-electron chi connectivity index (χ4n) is 2.08. The molecular weight excluding hydrogens is 276 g/mol. The van der Waals surface area contributed by atoms with Crippen LogP contribution in [0.25, 0.3) is 5.69 Å². The zero-order valence-corrected chi connectivity index (χ0v) is 11.8. The standard InChI is InChI=1S/C13H14N4O4/c1-7(2)12-11(13(18)19)14-15-16(12)10-6-9(17(20)21)5-4-8(10)3/h4-7H,1-3H3,(H,18,19). The van der Waals surface area contributed by atoms with Gasteiger partial charge in [-0.3, -0.25) is 10.1 Å². The molecule has 0 saturated carbocycles. The summed E-state index contributed by atoms with van der Waals surface area (Å²) in [6, 6.07) is 4.35. The second-order valence-corrected chi connectivity index (χ2v) is 4.92. The number of benzene rings is 1. The highest BCUT2D eigenvalue weighted by Crippen LogP contribution is 2.26. The zero-order valence-electron chi connectivity index (χ0n) is 11.8. The number of aromatic nitrogens is 3. The lowest BCUT2D eigenvalue weighted by Crippen LogP contribution is -2.09. The van der Waals surface area contributed by atoms with Gasteiger partial charge in [0.25, 0.3) is 5.69 Å². The Hall–Kier alpha value is -2.77. The Morgan fingerprint density at radius 3 is 2.62 bits per heavy atom. The summed E-state index contributed by atoms with van der Waals surface area (Å²) in [7, 11) is 0. The third kappa shape index (κ3) is 2.60. The van der Waals surface area contributed by atoms with E-state index in [2.05, 4.69) is 10.3 Å². The molecule has 0 atom stereocenters. The first-order chi connectivity index (χ1) is 9.82. The molecule has 1 aromatic heterocycles. The summed E-state index contributed by atoms with van der Waals surface area (Å²) in [5.41, 5.74) is 1.37. The Kier molecular flexibility index (Phi) is 3.70. The number of aromatic carboxylic acids is 1. The third-order valence-electron chi connectivity index (χ3n) is 3.09. The van der Waals surface area contributed by atoms with Crippen LogP contribution in [0.4, 0.5) is 5.69 Å². The van der Waals surface area contributed by atoms with E-state index in [1.54, 1.807) is 13.0 Å². The van der Waals surface area contributed by atoms with Gasteiger partial charge in [-0.1, -0.05) is 25.1 Å². The molecule has 2 rings (SSSR count). The Morgan fingerprint density at radius 2 is 2.10 bits per heavy atom. The lowest BCUT2D eigenvalue weighted by atomic mass is 10.1. The van der Waals surface area contributed by atoms with E-state index in [9.17, 15) is 14.9 Å². The summed E-state index contributed by atoms with van der Waals surface area (Å²) >= 11 is 0. The van der Waals surface area contributed by atoms with E-state index in [0.29, 0.717) is 11.4 Å². The molecule has 21 heavy (non-hydrogen) atoms. The maximum absolute atomic E-state index is 11.2. The largest absolute Gasteiger partial charge is 0.476 e. The van der Waals surface area contributed by atoms with E-state index >= 15 is 0 Å². The molecule has 1 N–H and O–H groups in total. The first-order valence-electron chi connectivity index (χ1n) is 6.27. The average Bonchev–Trinajstić information content (AvgIpc) is 2.83. The van der Waals surface area contributed by atoms with Crippen molar-refractivity contribution in [1.29, 1.82) is 0 Å². The van der Waals surface area contributed by atoms with Crippen molar-refractivity contribution < 1.29 is 14.8 Å². The van der Waals surface area contributed by atoms with Crippen LogP contribution in [0.5, 0.6) is 0 Å². The summed E-state index contributed by atoms with van der Waals surface area (Å²) in [5.74, 6) is -1.32. The second-order valence-electron chi connectivity index (χ2n) is 4.92. The number of carboxylic acid groups (broad SMARTS) is 1. The number of rotatable bonds is 4. The maximum Gasteiger partial charge on any atom is 0.358 e. The molecule has 2 aromatic rings. The van der Waals surface area contributed by atoms with Crippen LogP contribution >= 0.6 is 0 Å². The number of hydrogen-bond donors (Lipinski definition) is 1. The molecule has 8 nitrogen and oxygen atoms in total. The highest BCUT2D eigenvalue weighted by atomic mass is 16.6. The van der Waals surface area contributed by atoms with Gasteiger partial charge in [-0.25, -0.2) is 9.48 Å². The lowest BCUT2D eigenvalue weighted by molar-refractivity contribution is -0.384. The number of hydrogen-bond acceptors (Lipinski definition) is 5. The number of nitro groups is 1. The molecule has 0 aliphatic rings. The molecule has 110 valence electrons. The van der Waals surface area contributed by atoms with Crippen LogP contribution < -0.4 is 0 Å². The van der Waals surface area contributed by atoms with E-state index in [1.165, 1.54) is 16.8 Å². The van der Waals surface area contributed by atoms with E-state index in [4.69, 9.17) is 5.11 Å². The molecule has 1 heterocycles. The van der Waals surface area contributed by atoms with Gasteiger partial charge < -0.3 is 5.11 Å². The number of carboxylic acids is 1. The molecule has 0 amide bonds. The number of nitro benzene ring substituents is 1. The minimum absolute atomic E-state index is 0.0855. The van der Waals surface area contributed by atoms with E-state index < -0.39 is 10.9 Å². The molecule has 0 aliphatic heterocycles. The Morgan fingerprint density at radius 1 is 1.43 bits per heavy atom. The van der Waals surface area contributed by atoms with Gasteiger partial charge in [-0.05, 0) is 18.4 Å². The normalized spacial score (nSPS) is 10.9. The van der Waals surface area contributed by atoms with Crippen molar-refractivity contribution in [1.82, 2.24) is 15.0 Å². The fourth-order valence-corrected chi connectivity index (χ4v) is 2.08. The van der Waals surface area contributed by atoms with Crippen LogP contribution in [-0.4, -0.2) is 31.0 Å². The highest BCUT2D eigenvalue weighted by Gasteiger charge is 2.23. The van der Waals surface area contributed by atoms with Crippen molar-refractivity contribution >= 4 is 11.7 Å². The molecule has 0 radical (unpaired) electrons. The molecule has 0 bridgehead atoms. The summed E-state index contributed by atoms with van der Waals surface area (Å²) in [6.07, 6.45) is 0. The second kappa shape index (κ2) is 5.31. The van der Waals surface area contributed by atoms with Crippen LogP contribution in [0.3, 0.4) is 0 Å². The molecule has 0 unspecified atom stereocenters. The zero-order chi connectivity index (χ0) is 15.7. The maximum atomic E-state index is 11.2. The SMILES string of the molecule is Cc1ccc([N+](=O)[O-])cc1-n1nnc(C(=O)O)c1C(C)C. The molecule has 8 heteroatoms. The van der Waals surface area contributed by atoms with Gasteiger partial charge in [0.15, 0.2) is 5.69 Å². The summed E-state index contributed by atoms with van der Waals surface area (Å²) < 4.78 is 1.36. The number of aryl methyl sites for hydroxylation is 1. The van der Waals surface area contributed by atoms with Crippen molar-refractivity contribution in [3.8, 4) is 5.69 Å². The van der Waals surface area contributed by atoms with Gasteiger partial charge in [0.2, 0.25) is 0 Å². The predicted molar refractivity (Wildman–Crippen MR) is 73.8 cm³/mol. The number of non-ortho nitro benzene ring substituents is 1. The van der Waals surface area contributed by atoms with E-state index in [-0.39, 0.29) is 17.3 Å².